The average Bonchev–Trinajstić information content (AvgIpc) is 3.09. The van der Waals surface area contributed by atoms with Gasteiger partial charge in [0.25, 0.3) is 17.7 Å². The lowest BCUT2D eigenvalue weighted by Crippen LogP contribution is -2.47. The largest absolute Gasteiger partial charge is 0.327 e. The molecule has 0 saturated carbocycles. The summed E-state index contributed by atoms with van der Waals surface area (Å²) in [6.07, 6.45) is 1.33. The number of halogens is 1. The summed E-state index contributed by atoms with van der Waals surface area (Å²) in [5.74, 6) is -0.996. The Balaban J connectivity index is 1.85. The summed E-state index contributed by atoms with van der Waals surface area (Å²) in [7, 11) is 0. The van der Waals surface area contributed by atoms with Gasteiger partial charge in [0.2, 0.25) is 0 Å². The predicted molar refractivity (Wildman–Crippen MR) is 93.8 cm³/mol. The van der Waals surface area contributed by atoms with Crippen molar-refractivity contribution in [2.24, 2.45) is 0 Å². The van der Waals surface area contributed by atoms with E-state index in [0.717, 1.165) is 11.3 Å². The van der Waals surface area contributed by atoms with Crippen LogP contribution in [0.2, 0.25) is 5.02 Å². The van der Waals surface area contributed by atoms with E-state index in [1.165, 1.54) is 0 Å². The summed E-state index contributed by atoms with van der Waals surface area (Å²) in [4.78, 5) is 41.7. The normalized spacial score (nSPS) is 19.5. The first-order valence-electron chi connectivity index (χ1n) is 8.12. The molecule has 0 N–H and O–H groups in total. The fourth-order valence-electron chi connectivity index (χ4n) is 3.47. The molecule has 6 heteroatoms. The van der Waals surface area contributed by atoms with Crippen molar-refractivity contribution in [1.29, 1.82) is 0 Å². The zero-order chi connectivity index (χ0) is 17.6. The van der Waals surface area contributed by atoms with Gasteiger partial charge < -0.3 is 4.90 Å². The highest BCUT2D eigenvalue weighted by molar-refractivity contribution is 6.31. The number of para-hydroxylation sites is 1. The van der Waals surface area contributed by atoms with Crippen molar-refractivity contribution in [1.82, 2.24) is 4.90 Å². The van der Waals surface area contributed by atoms with Gasteiger partial charge in [0.1, 0.15) is 6.04 Å². The Morgan fingerprint density at radius 2 is 1.76 bits per heavy atom. The van der Waals surface area contributed by atoms with Crippen LogP contribution < -0.4 is 4.90 Å². The van der Waals surface area contributed by atoms with Crippen molar-refractivity contribution < 1.29 is 14.4 Å². The lowest BCUT2D eigenvalue weighted by molar-refractivity contribution is -0.121. The average molecular weight is 355 g/mol. The first-order chi connectivity index (χ1) is 12.1. The highest BCUT2D eigenvalue weighted by Gasteiger charge is 2.44. The van der Waals surface area contributed by atoms with Crippen LogP contribution >= 0.6 is 11.6 Å². The van der Waals surface area contributed by atoms with Crippen molar-refractivity contribution in [3.8, 4) is 0 Å². The molecule has 0 aliphatic carbocycles. The third-order valence-corrected chi connectivity index (χ3v) is 4.94. The first-order valence-corrected chi connectivity index (χ1v) is 8.49. The molecule has 2 heterocycles. The summed E-state index contributed by atoms with van der Waals surface area (Å²) in [5, 5.41) is 0.510. The van der Waals surface area contributed by atoms with Gasteiger partial charge in [-0.1, -0.05) is 23.7 Å². The van der Waals surface area contributed by atoms with Crippen molar-refractivity contribution in [3.05, 3.63) is 64.7 Å². The molecule has 2 aliphatic rings. The minimum Gasteiger partial charge on any atom is -0.327 e. The van der Waals surface area contributed by atoms with E-state index < -0.39 is 11.9 Å². The fraction of sp³-hybridized carbons (Fsp3) is 0.211. The number of benzene rings is 2. The molecule has 4 rings (SSSR count). The van der Waals surface area contributed by atoms with E-state index in [0.29, 0.717) is 34.8 Å². The minimum absolute atomic E-state index is 0.196. The molecule has 3 amide bonds. The second kappa shape index (κ2) is 6.01. The lowest BCUT2D eigenvalue weighted by atomic mass is 10.1. The summed E-state index contributed by atoms with van der Waals surface area (Å²) in [6.45, 7) is 0.534. The Morgan fingerprint density at radius 1 is 1.04 bits per heavy atom. The quantitative estimate of drug-likeness (QED) is 0.739. The summed E-state index contributed by atoms with van der Waals surface area (Å²) < 4.78 is 0. The topological polar surface area (TPSA) is 57.7 Å². The van der Waals surface area contributed by atoms with Gasteiger partial charge >= 0.3 is 0 Å². The Labute approximate surface area is 149 Å². The Hall–Kier alpha value is -2.66. The number of carbonyl (C=O) groups is 3. The molecule has 1 fully saturated rings. The van der Waals surface area contributed by atoms with Gasteiger partial charge in [-0.25, -0.2) is 4.90 Å². The molecule has 25 heavy (non-hydrogen) atoms. The van der Waals surface area contributed by atoms with Gasteiger partial charge in [-0.2, -0.15) is 0 Å². The van der Waals surface area contributed by atoms with Gasteiger partial charge in [0, 0.05) is 17.1 Å². The smallest absolute Gasteiger partial charge is 0.265 e. The fourth-order valence-corrected chi connectivity index (χ4v) is 3.60. The molecule has 0 bridgehead atoms. The van der Waals surface area contributed by atoms with Gasteiger partial charge in [-0.3, -0.25) is 14.4 Å². The maximum absolute atomic E-state index is 13.1. The molecule has 5 nitrogen and oxygen atoms in total. The number of nitrogens with zero attached hydrogens (tertiary/aromatic N) is 2. The minimum atomic E-state index is -0.587. The first kappa shape index (κ1) is 15.8. The van der Waals surface area contributed by atoms with Crippen LogP contribution in [0.3, 0.4) is 0 Å². The molecule has 0 spiro atoms. The standard InChI is InChI=1S/C19H15ClN2O3/c20-13-9-7-12(8-10-13)17(23)22-15-5-2-1-4-14(15)18(24)21-11-3-6-16(21)19(22)25/h1-2,4-5,7-10,16H,3,6,11H2. The number of hydrogen-bond donors (Lipinski definition) is 0. The molecule has 1 atom stereocenters. The third kappa shape index (κ3) is 2.51. The van der Waals surface area contributed by atoms with E-state index >= 15 is 0 Å². The molecule has 2 aromatic carbocycles. The number of carbonyl (C=O) groups excluding carboxylic acids is 3. The number of anilines is 1. The van der Waals surface area contributed by atoms with Crippen LogP contribution in [0.15, 0.2) is 48.5 Å². The second-order valence-electron chi connectivity index (χ2n) is 6.16. The van der Waals surface area contributed by atoms with E-state index in [1.807, 2.05) is 0 Å². The highest BCUT2D eigenvalue weighted by atomic mass is 35.5. The molecule has 0 aromatic heterocycles. The van der Waals surface area contributed by atoms with Crippen LogP contribution in [0.5, 0.6) is 0 Å². The van der Waals surface area contributed by atoms with Crippen LogP contribution in [0.1, 0.15) is 33.6 Å². The van der Waals surface area contributed by atoms with Crippen LogP contribution in [-0.4, -0.2) is 35.2 Å². The Bertz CT molecular complexity index is 878. The number of hydrogen-bond acceptors (Lipinski definition) is 3. The van der Waals surface area contributed by atoms with Crippen LogP contribution in [0.4, 0.5) is 5.69 Å². The zero-order valence-electron chi connectivity index (χ0n) is 13.3. The van der Waals surface area contributed by atoms with E-state index in [4.69, 9.17) is 11.6 Å². The van der Waals surface area contributed by atoms with E-state index in [1.54, 1.807) is 53.4 Å². The third-order valence-electron chi connectivity index (χ3n) is 4.69. The Morgan fingerprint density at radius 3 is 2.52 bits per heavy atom. The number of fused-ring (bicyclic) bond motifs is 2. The predicted octanol–water partition coefficient (Wildman–Crippen LogP) is 3.13. The summed E-state index contributed by atoms with van der Waals surface area (Å²) >= 11 is 5.89. The molecule has 2 aromatic rings. The van der Waals surface area contributed by atoms with Crippen molar-refractivity contribution >= 4 is 35.0 Å². The van der Waals surface area contributed by atoms with Gasteiger partial charge in [0.15, 0.2) is 0 Å². The van der Waals surface area contributed by atoms with Crippen LogP contribution in [0.25, 0.3) is 0 Å². The van der Waals surface area contributed by atoms with Gasteiger partial charge in [-0.05, 0) is 49.2 Å². The Kier molecular flexibility index (Phi) is 3.81. The maximum Gasteiger partial charge on any atom is 0.265 e. The zero-order valence-corrected chi connectivity index (χ0v) is 14.1. The van der Waals surface area contributed by atoms with Crippen molar-refractivity contribution in [2.45, 2.75) is 18.9 Å². The number of rotatable bonds is 1. The molecule has 126 valence electrons. The number of amides is 3. The number of imide groups is 1. The SMILES string of the molecule is O=C(c1ccc(Cl)cc1)N1C(=O)C2CCCN2C(=O)c2ccccc21. The molecule has 2 aliphatic heterocycles. The van der Waals surface area contributed by atoms with E-state index in [9.17, 15) is 14.4 Å². The van der Waals surface area contributed by atoms with E-state index in [-0.39, 0.29) is 11.8 Å². The van der Waals surface area contributed by atoms with Gasteiger partial charge in [-0.15, -0.1) is 0 Å². The second-order valence-corrected chi connectivity index (χ2v) is 6.60. The molecular weight excluding hydrogens is 340 g/mol. The monoisotopic (exact) mass is 354 g/mol. The summed E-state index contributed by atoms with van der Waals surface area (Å²) in [6, 6.07) is 12.6. The lowest BCUT2D eigenvalue weighted by Gasteiger charge is -2.24. The highest BCUT2D eigenvalue weighted by Crippen LogP contribution is 2.33. The molecule has 1 unspecified atom stereocenters. The molecule has 0 radical (unpaired) electrons. The molecular formula is C19H15ClN2O3. The van der Waals surface area contributed by atoms with Crippen molar-refractivity contribution in [2.75, 3.05) is 11.4 Å². The van der Waals surface area contributed by atoms with Gasteiger partial charge in [0.05, 0.1) is 11.3 Å². The van der Waals surface area contributed by atoms with Crippen LogP contribution in [-0.2, 0) is 4.79 Å². The van der Waals surface area contributed by atoms with Crippen LogP contribution in [0, 0.1) is 0 Å². The maximum atomic E-state index is 13.1. The summed E-state index contributed by atoms with van der Waals surface area (Å²) in [5.41, 5.74) is 1.07. The molecule has 1 saturated heterocycles. The van der Waals surface area contributed by atoms with Crippen molar-refractivity contribution in [3.63, 3.8) is 0 Å². The van der Waals surface area contributed by atoms with E-state index in [2.05, 4.69) is 0 Å².